The first-order chi connectivity index (χ1) is 11.7. The monoisotopic (exact) mass is 347 g/mol. The summed E-state index contributed by atoms with van der Waals surface area (Å²) in [5.41, 5.74) is 6.71. The predicted molar refractivity (Wildman–Crippen MR) is 95.5 cm³/mol. The highest BCUT2D eigenvalue weighted by Crippen LogP contribution is 2.26. The highest BCUT2D eigenvalue weighted by Gasteiger charge is 2.21. The molecule has 0 unspecified atom stereocenters. The summed E-state index contributed by atoms with van der Waals surface area (Å²) in [4.78, 5) is 12.4. The number of furan rings is 1. The van der Waals surface area contributed by atoms with Gasteiger partial charge in [-0.2, -0.15) is 0 Å². The number of carbonyl (C=O) groups is 1. The standard InChI is InChI=1S/C17H21N3O3S/c1-22-10-13-12-8-4-5-9-14(12)23-15(13)16(21)19-20-17(24)18-11-6-2-3-7-11/h4-5,8-9,11H,2-3,6-7,10H2,1H3,(H,19,21)(H2,18,20,24). The van der Waals surface area contributed by atoms with E-state index < -0.39 is 0 Å². The molecule has 0 atom stereocenters. The smallest absolute Gasteiger partial charge is 0.305 e. The highest BCUT2D eigenvalue weighted by molar-refractivity contribution is 7.80. The van der Waals surface area contributed by atoms with Crippen molar-refractivity contribution in [1.82, 2.24) is 16.2 Å². The van der Waals surface area contributed by atoms with E-state index in [-0.39, 0.29) is 11.7 Å². The molecule has 1 fully saturated rings. The number of hydrazine groups is 1. The van der Waals surface area contributed by atoms with Crippen LogP contribution in [0.5, 0.6) is 0 Å². The fourth-order valence-electron chi connectivity index (χ4n) is 3.03. The van der Waals surface area contributed by atoms with Crippen LogP contribution >= 0.6 is 12.2 Å². The summed E-state index contributed by atoms with van der Waals surface area (Å²) in [7, 11) is 1.59. The number of hydrogen-bond acceptors (Lipinski definition) is 4. The number of rotatable bonds is 4. The number of ether oxygens (including phenoxy) is 1. The van der Waals surface area contributed by atoms with E-state index in [0.717, 1.165) is 23.8 Å². The lowest BCUT2D eigenvalue weighted by Gasteiger charge is -2.15. The Morgan fingerprint density at radius 3 is 2.79 bits per heavy atom. The number of hydrogen-bond donors (Lipinski definition) is 3. The van der Waals surface area contributed by atoms with Crippen LogP contribution in [-0.2, 0) is 11.3 Å². The topological polar surface area (TPSA) is 75.5 Å². The maximum Gasteiger partial charge on any atom is 0.305 e. The van der Waals surface area contributed by atoms with E-state index in [4.69, 9.17) is 21.4 Å². The Bertz CT molecular complexity index is 738. The molecule has 0 bridgehead atoms. The molecule has 1 aromatic heterocycles. The van der Waals surface area contributed by atoms with Gasteiger partial charge in [-0.15, -0.1) is 0 Å². The number of carbonyl (C=O) groups excluding carboxylic acids is 1. The van der Waals surface area contributed by atoms with Gasteiger partial charge >= 0.3 is 5.91 Å². The van der Waals surface area contributed by atoms with Crippen molar-refractivity contribution in [2.24, 2.45) is 0 Å². The van der Waals surface area contributed by atoms with Gasteiger partial charge in [0.25, 0.3) is 0 Å². The first-order valence-corrected chi connectivity index (χ1v) is 8.46. The molecule has 1 aliphatic carbocycles. The van der Waals surface area contributed by atoms with E-state index in [1.54, 1.807) is 7.11 Å². The van der Waals surface area contributed by atoms with Crippen molar-refractivity contribution in [3.63, 3.8) is 0 Å². The molecule has 2 aromatic rings. The molecule has 6 nitrogen and oxygen atoms in total. The van der Waals surface area contributed by atoms with Crippen molar-refractivity contribution in [2.75, 3.05) is 7.11 Å². The average Bonchev–Trinajstić information content (AvgIpc) is 3.21. The van der Waals surface area contributed by atoms with Gasteiger partial charge in [-0.05, 0) is 31.1 Å². The third kappa shape index (κ3) is 3.68. The molecule has 0 saturated heterocycles. The van der Waals surface area contributed by atoms with E-state index in [0.29, 0.717) is 23.3 Å². The largest absolute Gasteiger partial charge is 0.450 e. The van der Waals surface area contributed by atoms with Crippen molar-refractivity contribution >= 4 is 34.2 Å². The van der Waals surface area contributed by atoms with Crippen LogP contribution in [0.25, 0.3) is 11.0 Å². The van der Waals surface area contributed by atoms with E-state index in [2.05, 4.69) is 16.2 Å². The molecule has 24 heavy (non-hydrogen) atoms. The van der Waals surface area contributed by atoms with Crippen molar-refractivity contribution in [3.8, 4) is 0 Å². The van der Waals surface area contributed by atoms with Crippen LogP contribution in [0.3, 0.4) is 0 Å². The van der Waals surface area contributed by atoms with E-state index in [9.17, 15) is 4.79 Å². The van der Waals surface area contributed by atoms with E-state index in [1.807, 2.05) is 24.3 Å². The van der Waals surface area contributed by atoms with Crippen LogP contribution in [0.4, 0.5) is 0 Å². The van der Waals surface area contributed by atoms with Gasteiger partial charge < -0.3 is 14.5 Å². The highest BCUT2D eigenvalue weighted by atomic mass is 32.1. The molecule has 7 heteroatoms. The van der Waals surface area contributed by atoms with Gasteiger partial charge in [0.05, 0.1) is 6.61 Å². The first kappa shape index (κ1) is 16.7. The molecule has 3 rings (SSSR count). The van der Waals surface area contributed by atoms with E-state index >= 15 is 0 Å². The van der Waals surface area contributed by atoms with Crippen LogP contribution in [0, 0.1) is 0 Å². The maximum atomic E-state index is 12.4. The summed E-state index contributed by atoms with van der Waals surface area (Å²) in [6, 6.07) is 7.88. The Hall–Kier alpha value is -2.12. The zero-order chi connectivity index (χ0) is 16.9. The Balaban J connectivity index is 1.66. The number of nitrogens with one attached hydrogen (secondary N) is 3. The van der Waals surface area contributed by atoms with Crippen molar-refractivity contribution in [2.45, 2.75) is 38.3 Å². The molecule has 0 radical (unpaired) electrons. The maximum absolute atomic E-state index is 12.4. The third-order valence-corrected chi connectivity index (χ3v) is 4.39. The molecule has 128 valence electrons. The number of methoxy groups -OCH3 is 1. The normalized spacial score (nSPS) is 14.7. The molecule has 3 N–H and O–H groups in total. The van der Waals surface area contributed by atoms with Crippen molar-refractivity contribution in [1.29, 1.82) is 0 Å². The minimum Gasteiger partial charge on any atom is -0.450 e. The van der Waals surface area contributed by atoms with Gasteiger partial charge in [0.15, 0.2) is 10.9 Å². The quantitative estimate of drug-likeness (QED) is 0.583. The Morgan fingerprint density at radius 1 is 1.29 bits per heavy atom. The Labute approximate surface area is 145 Å². The summed E-state index contributed by atoms with van der Waals surface area (Å²) in [6.45, 7) is 0.296. The zero-order valence-electron chi connectivity index (χ0n) is 13.6. The Kier molecular flexibility index (Phi) is 5.32. The van der Waals surface area contributed by atoms with Crippen LogP contribution in [0.1, 0.15) is 41.8 Å². The van der Waals surface area contributed by atoms with Gasteiger partial charge in [-0.25, -0.2) is 0 Å². The van der Waals surface area contributed by atoms with E-state index in [1.165, 1.54) is 12.8 Å². The summed E-state index contributed by atoms with van der Waals surface area (Å²) in [6.07, 6.45) is 4.65. The number of para-hydroxylation sites is 1. The van der Waals surface area contributed by atoms with Gasteiger partial charge in [0.1, 0.15) is 5.58 Å². The lowest BCUT2D eigenvalue weighted by atomic mass is 10.1. The minimum absolute atomic E-state index is 0.231. The third-order valence-electron chi connectivity index (χ3n) is 4.17. The number of benzene rings is 1. The average molecular weight is 347 g/mol. The number of fused-ring (bicyclic) bond motifs is 1. The van der Waals surface area contributed by atoms with Crippen LogP contribution in [-0.4, -0.2) is 24.2 Å². The second-order valence-corrected chi connectivity index (χ2v) is 6.28. The second-order valence-electron chi connectivity index (χ2n) is 5.87. The number of thiocarbonyl (C=S) groups is 1. The van der Waals surface area contributed by atoms with Gasteiger partial charge in [-0.3, -0.25) is 15.6 Å². The molecule has 1 saturated carbocycles. The SMILES string of the molecule is COCc1c(C(=O)NNC(=S)NC2CCCC2)oc2ccccc12. The van der Waals surface area contributed by atoms with Crippen LogP contribution < -0.4 is 16.2 Å². The summed E-state index contributed by atoms with van der Waals surface area (Å²) >= 11 is 5.22. The van der Waals surface area contributed by atoms with Gasteiger partial charge in [0, 0.05) is 24.1 Å². The Morgan fingerprint density at radius 2 is 2.04 bits per heavy atom. The molecular formula is C17H21N3O3S. The molecule has 0 spiro atoms. The molecule has 1 heterocycles. The summed E-state index contributed by atoms with van der Waals surface area (Å²) in [5.74, 6) is -0.150. The zero-order valence-corrected chi connectivity index (χ0v) is 14.4. The fourth-order valence-corrected chi connectivity index (χ4v) is 3.25. The van der Waals surface area contributed by atoms with Crippen molar-refractivity contribution < 1.29 is 13.9 Å². The molecule has 0 aliphatic heterocycles. The molecule has 1 amide bonds. The number of amides is 1. The minimum atomic E-state index is -0.381. The fraction of sp³-hybridized carbons (Fsp3) is 0.412. The lowest BCUT2D eigenvalue weighted by Crippen LogP contribution is -2.49. The second kappa shape index (κ2) is 7.63. The van der Waals surface area contributed by atoms with Crippen LogP contribution in [0.15, 0.2) is 28.7 Å². The van der Waals surface area contributed by atoms with Crippen molar-refractivity contribution in [3.05, 3.63) is 35.6 Å². The van der Waals surface area contributed by atoms with Gasteiger partial charge in [0.2, 0.25) is 0 Å². The summed E-state index contributed by atoms with van der Waals surface area (Å²) < 4.78 is 10.9. The van der Waals surface area contributed by atoms with Crippen LogP contribution in [0.2, 0.25) is 0 Å². The summed E-state index contributed by atoms with van der Waals surface area (Å²) in [5, 5.41) is 4.49. The lowest BCUT2D eigenvalue weighted by molar-refractivity contribution is 0.0911. The molecular weight excluding hydrogens is 326 g/mol. The van der Waals surface area contributed by atoms with Gasteiger partial charge in [-0.1, -0.05) is 31.0 Å². The molecule has 1 aliphatic rings. The first-order valence-electron chi connectivity index (χ1n) is 8.05. The molecule has 1 aromatic carbocycles. The predicted octanol–water partition coefficient (Wildman–Crippen LogP) is 2.63.